The largest absolute Gasteiger partial charge is 0.497 e. The number of nitrogens with one attached hydrogen (secondary N) is 2. The molecule has 0 bridgehead atoms. The number of methoxy groups -OCH3 is 1. The predicted octanol–water partition coefficient (Wildman–Crippen LogP) is 2.81. The number of carbonyl (C=O) groups is 2. The average Bonchev–Trinajstić information content (AvgIpc) is 2.66. The van der Waals surface area contributed by atoms with Gasteiger partial charge < -0.3 is 14.9 Å². The molecule has 0 unspecified atom stereocenters. The highest BCUT2D eigenvalue weighted by Crippen LogP contribution is 2.16. The van der Waals surface area contributed by atoms with Crippen LogP contribution in [0.3, 0.4) is 0 Å². The molecule has 9 heteroatoms. The number of hydrogen-bond acceptors (Lipinski definition) is 7. The van der Waals surface area contributed by atoms with Gasteiger partial charge in [-0.15, -0.1) is 0 Å². The monoisotopic (exact) mass is 371 g/mol. The summed E-state index contributed by atoms with van der Waals surface area (Å²) in [5, 5.41) is 13.6. The normalized spacial score (nSPS) is 10.7. The molecule has 0 aliphatic heterocycles. The predicted molar refractivity (Wildman–Crippen MR) is 97.0 cm³/mol. The summed E-state index contributed by atoms with van der Waals surface area (Å²) in [6.07, 6.45) is 1.17. The summed E-state index contributed by atoms with van der Waals surface area (Å²) < 4.78 is 5.06. The zero-order valence-electron chi connectivity index (χ0n) is 14.6. The second-order valence-corrected chi connectivity index (χ2v) is 5.34. The number of allylic oxidation sites excluding steroid dienone is 1. The van der Waals surface area contributed by atoms with Crippen LogP contribution < -0.4 is 15.5 Å². The zero-order valence-corrected chi connectivity index (χ0v) is 14.6. The molecule has 0 radical (unpaired) electrons. The molecule has 9 nitrogen and oxygen atoms in total. The minimum absolute atomic E-state index is 0.116. The van der Waals surface area contributed by atoms with Gasteiger partial charge in [0.15, 0.2) is 0 Å². The van der Waals surface area contributed by atoms with Crippen molar-refractivity contribution in [2.75, 3.05) is 12.4 Å². The Labute approximate surface area is 154 Å². The van der Waals surface area contributed by atoms with E-state index in [-0.39, 0.29) is 11.3 Å². The molecule has 140 valence electrons. The van der Waals surface area contributed by atoms with Crippen molar-refractivity contribution < 1.29 is 24.1 Å². The molecule has 0 fully saturated rings. The molecular formula is C18H17N3O6. The Kier molecular flexibility index (Phi) is 6.48. The van der Waals surface area contributed by atoms with Gasteiger partial charge in [0.25, 0.3) is 11.6 Å². The van der Waals surface area contributed by atoms with Gasteiger partial charge in [-0.25, -0.2) is 4.79 Å². The van der Waals surface area contributed by atoms with Crippen LogP contribution >= 0.6 is 0 Å². The minimum atomic E-state index is -0.788. The van der Waals surface area contributed by atoms with E-state index in [1.807, 2.05) is 5.48 Å². The Morgan fingerprint density at radius 1 is 1.07 bits per heavy atom. The number of anilines is 1. The fourth-order valence-electron chi connectivity index (χ4n) is 2.03. The maximum absolute atomic E-state index is 11.9. The number of nitro benzene ring substituents is 1. The zero-order chi connectivity index (χ0) is 19.8. The van der Waals surface area contributed by atoms with Crippen molar-refractivity contribution >= 4 is 23.3 Å². The molecular weight excluding hydrogens is 354 g/mol. The number of amides is 1. The molecule has 0 atom stereocenters. The standard InChI is InChI=1S/C18H17N3O6/c1-12(19-14-5-9-16(26-2)10-6-14)11-17(22)27-20-18(23)13-3-7-15(8-4-13)21(24)25/h3-11,19H,1-2H3,(H,20,23). The van der Waals surface area contributed by atoms with E-state index in [0.29, 0.717) is 11.4 Å². The van der Waals surface area contributed by atoms with Crippen molar-refractivity contribution in [3.63, 3.8) is 0 Å². The second-order valence-electron chi connectivity index (χ2n) is 5.34. The third kappa shape index (κ3) is 5.85. The molecule has 0 aliphatic carbocycles. The van der Waals surface area contributed by atoms with E-state index < -0.39 is 16.8 Å². The Morgan fingerprint density at radius 3 is 2.26 bits per heavy atom. The lowest BCUT2D eigenvalue weighted by atomic mass is 10.2. The van der Waals surface area contributed by atoms with E-state index in [1.54, 1.807) is 38.3 Å². The van der Waals surface area contributed by atoms with Crippen LogP contribution in [0.25, 0.3) is 0 Å². The van der Waals surface area contributed by atoms with Crippen molar-refractivity contribution in [1.82, 2.24) is 5.48 Å². The third-order valence-corrected chi connectivity index (χ3v) is 3.35. The molecule has 2 aromatic rings. The number of rotatable bonds is 6. The summed E-state index contributed by atoms with van der Waals surface area (Å²) in [5.41, 5.74) is 3.19. The Balaban J connectivity index is 1.87. The molecule has 2 aromatic carbocycles. The molecule has 0 aliphatic rings. The van der Waals surface area contributed by atoms with Crippen LogP contribution in [-0.2, 0) is 9.63 Å². The summed E-state index contributed by atoms with van der Waals surface area (Å²) in [6.45, 7) is 1.66. The van der Waals surface area contributed by atoms with Crippen LogP contribution in [0.15, 0.2) is 60.3 Å². The van der Waals surface area contributed by atoms with Gasteiger partial charge in [0.2, 0.25) is 0 Å². The van der Waals surface area contributed by atoms with Crippen LogP contribution in [0.2, 0.25) is 0 Å². The molecule has 1 amide bonds. The Morgan fingerprint density at radius 2 is 1.70 bits per heavy atom. The molecule has 0 saturated carbocycles. The molecule has 27 heavy (non-hydrogen) atoms. The summed E-state index contributed by atoms with van der Waals surface area (Å²) in [4.78, 5) is 38.3. The summed E-state index contributed by atoms with van der Waals surface area (Å²) in [5.74, 6) is -0.785. The fraction of sp³-hybridized carbons (Fsp3) is 0.111. The highest BCUT2D eigenvalue weighted by molar-refractivity contribution is 5.95. The SMILES string of the molecule is COc1ccc(NC(C)=CC(=O)ONC(=O)c2ccc([N+](=O)[O-])cc2)cc1. The van der Waals surface area contributed by atoms with Crippen LogP contribution in [0.4, 0.5) is 11.4 Å². The van der Waals surface area contributed by atoms with Crippen molar-refractivity contribution in [3.05, 3.63) is 76.0 Å². The summed E-state index contributed by atoms with van der Waals surface area (Å²) in [6, 6.07) is 12.0. The first-order chi connectivity index (χ1) is 12.9. The second kappa shape index (κ2) is 8.99. The molecule has 0 aromatic heterocycles. The first kappa shape index (κ1) is 19.4. The highest BCUT2D eigenvalue weighted by atomic mass is 16.7. The lowest BCUT2D eigenvalue weighted by Gasteiger charge is -2.08. The van der Waals surface area contributed by atoms with Crippen LogP contribution in [-0.4, -0.2) is 23.9 Å². The van der Waals surface area contributed by atoms with E-state index >= 15 is 0 Å². The quantitative estimate of drug-likeness (QED) is 0.455. The smallest absolute Gasteiger partial charge is 0.357 e. The number of carbonyl (C=O) groups excluding carboxylic acids is 2. The summed E-state index contributed by atoms with van der Waals surface area (Å²) >= 11 is 0. The van der Waals surface area contributed by atoms with Gasteiger partial charge >= 0.3 is 5.97 Å². The van der Waals surface area contributed by atoms with Gasteiger partial charge in [0.05, 0.1) is 12.0 Å². The number of benzene rings is 2. The Bertz CT molecular complexity index is 860. The number of ether oxygens (including phenoxy) is 1. The van der Waals surface area contributed by atoms with Gasteiger partial charge in [0, 0.05) is 35.2 Å². The topological polar surface area (TPSA) is 120 Å². The van der Waals surface area contributed by atoms with Crippen molar-refractivity contribution in [2.45, 2.75) is 6.92 Å². The van der Waals surface area contributed by atoms with E-state index in [0.717, 1.165) is 5.69 Å². The average molecular weight is 371 g/mol. The lowest BCUT2D eigenvalue weighted by molar-refractivity contribution is -0.384. The van der Waals surface area contributed by atoms with E-state index in [9.17, 15) is 19.7 Å². The van der Waals surface area contributed by atoms with Crippen molar-refractivity contribution in [2.24, 2.45) is 0 Å². The van der Waals surface area contributed by atoms with Crippen LogP contribution in [0, 0.1) is 10.1 Å². The first-order valence-corrected chi connectivity index (χ1v) is 7.74. The minimum Gasteiger partial charge on any atom is -0.497 e. The van der Waals surface area contributed by atoms with Gasteiger partial charge in [-0.2, -0.15) is 5.48 Å². The van der Waals surface area contributed by atoms with Gasteiger partial charge in [0.1, 0.15) is 5.75 Å². The van der Waals surface area contributed by atoms with E-state index in [1.165, 1.54) is 30.3 Å². The van der Waals surface area contributed by atoms with Gasteiger partial charge in [-0.1, -0.05) is 0 Å². The maximum atomic E-state index is 11.9. The fourth-order valence-corrected chi connectivity index (χ4v) is 2.03. The third-order valence-electron chi connectivity index (χ3n) is 3.35. The highest BCUT2D eigenvalue weighted by Gasteiger charge is 2.11. The van der Waals surface area contributed by atoms with Crippen LogP contribution in [0.1, 0.15) is 17.3 Å². The van der Waals surface area contributed by atoms with Crippen LogP contribution in [0.5, 0.6) is 5.75 Å². The van der Waals surface area contributed by atoms with Crippen molar-refractivity contribution in [3.8, 4) is 5.75 Å². The molecule has 0 heterocycles. The number of nitrogens with zero attached hydrogens (tertiary/aromatic N) is 1. The molecule has 0 saturated heterocycles. The van der Waals surface area contributed by atoms with E-state index in [4.69, 9.17) is 4.74 Å². The van der Waals surface area contributed by atoms with Gasteiger partial charge in [-0.05, 0) is 43.3 Å². The van der Waals surface area contributed by atoms with Crippen molar-refractivity contribution in [1.29, 1.82) is 0 Å². The molecule has 0 spiro atoms. The molecule has 2 N–H and O–H groups in total. The summed E-state index contributed by atoms with van der Waals surface area (Å²) in [7, 11) is 1.56. The molecule has 2 rings (SSSR count). The Hall–Kier alpha value is -3.88. The van der Waals surface area contributed by atoms with Gasteiger partial charge in [-0.3, -0.25) is 14.9 Å². The van der Waals surface area contributed by atoms with E-state index in [2.05, 4.69) is 10.2 Å². The number of nitro groups is 1. The lowest BCUT2D eigenvalue weighted by Crippen LogP contribution is -2.26. The number of hydrogen-bond donors (Lipinski definition) is 2. The number of non-ortho nitro benzene ring substituents is 1. The first-order valence-electron chi connectivity index (χ1n) is 7.74. The maximum Gasteiger partial charge on any atom is 0.357 e. The number of hydroxylamine groups is 1.